The molecule has 0 aliphatic carbocycles. The van der Waals surface area contributed by atoms with E-state index in [0.29, 0.717) is 21.1 Å². The molecule has 1 unspecified atom stereocenters. The Morgan fingerprint density at radius 1 is 1.32 bits per heavy atom. The van der Waals surface area contributed by atoms with Gasteiger partial charge in [0.15, 0.2) is 0 Å². The average Bonchev–Trinajstić information content (AvgIpc) is 2.44. The predicted molar refractivity (Wildman–Crippen MR) is 79.9 cm³/mol. The third-order valence-corrected chi connectivity index (χ3v) is 6.07. The maximum Gasteiger partial charge on any atom is 0.243 e. The number of fused-ring (bicyclic) bond motifs is 1. The van der Waals surface area contributed by atoms with Crippen LogP contribution in [0.2, 0.25) is 0 Å². The number of benzene rings is 1. The highest BCUT2D eigenvalue weighted by molar-refractivity contribution is 9.09. The molecule has 4 nitrogen and oxygen atoms in total. The minimum Gasteiger partial charge on any atom is -0.256 e. The first-order chi connectivity index (χ1) is 8.98. The van der Waals surface area contributed by atoms with E-state index in [1.807, 2.05) is 13.0 Å². The van der Waals surface area contributed by atoms with E-state index in [9.17, 15) is 8.42 Å². The van der Waals surface area contributed by atoms with Gasteiger partial charge in [-0.25, -0.2) is 8.42 Å². The van der Waals surface area contributed by atoms with Crippen LogP contribution in [0.3, 0.4) is 0 Å². The van der Waals surface area contributed by atoms with Crippen LogP contribution >= 0.6 is 15.9 Å². The van der Waals surface area contributed by atoms with E-state index in [4.69, 9.17) is 0 Å². The van der Waals surface area contributed by atoms with Gasteiger partial charge in [0.25, 0.3) is 0 Å². The number of sulfonamides is 1. The molecule has 2 aromatic rings. The molecule has 1 heterocycles. The van der Waals surface area contributed by atoms with Gasteiger partial charge in [-0.1, -0.05) is 22.0 Å². The van der Waals surface area contributed by atoms with Crippen LogP contribution in [0.15, 0.2) is 41.4 Å². The molecule has 0 aliphatic rings. The minimum absolute atomic E-state index is 0.114. The number of nitrogens with zero attached hydrogens (tertiary/aromatic N) is 2. The molecule has 0 fully saturated rings. The van der Waals surface area contributed by atoms with Gasteiger partial charge in [-0.3, -0.25) is 4.98 Å². The molecule has 6 heteroatoms. The summed E-state index contributed by atoms with van der Waals surface area (Å²) in [5, 5.41) is 1.24. The normalized spacial score (nSPS) is 13.9. The van der Waals surface area contributed by atoms with Gasteiger partial charge in [0, 0.05) is 30.0 Å². The molecule has 0 radical (unpaired) electrons. The molecule has 1 atom stereocenters. The zero-order chi connectivity index (χ0) is 14.0. The maximum atomic E-state index is 12.6. The summed E-state index contributed by atoms with van der Waals surface area (Å²) in [4.78, 5) is 4.49. The summed E-state index contributed by atoms with van der Waals surface area (Å²) in [5.41, 5.74) is 0.684. The van der Waals surface area contributed by atoms with Crippen molar-refractivity contribution >= 4 is 36.9 Å². The first-order valence-electron chi connectivity index (χ1n) is 5.86. The highest BCUT2D eigenvalue weighted by Gasteiger charge is 2.26. The van der Waals surface area contributed by atoms with Gasteiger partial charge < -0.3 is 0 Å². The maximum absolute atomic E-state index is 12.6. The molecule has 1 aromatic carbocycles. The first kappa shape index (κ1) is 14.4. The van der Waals surface area contributed by atoms with Crippen LogP contribution in [-0.4, -0.2) is 36.1 Å². The van der Waals surface area contributed by atoms with Gasteiger partial charge in [-0.05, 0) is 31.2 Å². The fourth-order valence-corrected chi connectivity index (χ4v) is 3.97. The predicted octanol–water partition coefficient (Wildman–Crippen LogP) is 2.64. The molecule has 0 saturated carbocycles. The highest BCUT2D eigenvalue weighted by atomic mass is 79.9. The molecule has 0 N–H and O–H groups in total. The van der Waals surface area contributed by atoms with E-state index in [2.05, 4.69) is 20.9 Å². The van der Waals surface area contributed by atoms with E-state index < -0.39 is 10.0 Å². The zero-order valence-electron chi connectivity index (χ0n) is 10.7. The van der Waals surface area contributed by atoms with Crippen molar-refractivity contribution in [2.24, 2.45) is 0 Å². The molecule has 0 saturated heterocycles. The third kappa shape index (κ3) is 2.66. The highest BCUT2D eigenvalue weighted by Crippen LogP contribution is 2.25. The summed E-state index contributed by atoms with van der Waals surface area (Å²) in [6.07, 6.45) is 1.66. The summed E-state index contributed by atoms with van der Waals surface area (Å²) in [7, 11) is -1.92. The lowest BCUT2D eigenvalue weighted by Gasteiger charge is -2.23. The van der Waals surface area contributed by atoms with Crippen LogP contribution < -0.4 is 0 Å². The van der Waals surface area contributed by atoms with Crippen molar-refractivity contribution < 1.29 is 8.42 Å². The second-order valence-corrected chi connectivity index (χ2v) is 6.96. The summed E-state index contributed by atoms with van der Waals surface area (Å²) >= 11 is 3.31. The Morgan fingerprint density at radius 3 is 2.74 bits per heavy atom. The molecule has 0 spiro atoms. The van der Waals surface area contributed by atoms with Crippen molar-refractivity contribution in [1.29, 1.82) is 0 Å². The van der Waals surface area contributed by atoms with Crippen molar-refractivity contribution in [2.75, 3.05) is 12.4 Å². The Bertz CT molecular complexity index is 683. The molecule has 2 rings (SSSR count). The van der Waals surface area contributed by atoms with E-state index in [1.165, 1.54) is 4.31 Å². The van der Waals surface area contributed by atoms with Crippen molar-refractivity contribution in [3.63, 3.8) is 0 Å². The quantitative estimate of drug-likeness (QED) is 0.802. The van der Waals surface area contributed by atoms with Gasteiger partial charge in [-0.15, -0.1) is 0 Å². The molecular formula is C13H15BrN2O2S. The lowest BCUT2D eigenvalue weighted by atomic mass is 10.2. The number of pyridine rings is 1. The summed E-state index contributed by atoms with van der Waals surface area (Å²) in [5.74, 6) is 0. The van der Waals surface area contributed by atoms with Crippen LogP contribution in [0.4, 0.5) is 0 Å². The lowest BCUT2D eigenvalue weighted by molar-refractivity contribution is 0.417. The Labute approximate surface area is 121 Å². The third-order valence-electron chi connectivity index (χ3n) is 3.11. The molecular weight excluding hydrogens is 328 g/mol. The summed E-state index contributed by atoms with van der Waals surface area (Å²) < 4.78 is 26.6. The molecule has 102 valence electrons. The van der Waals surface area contributed by atoms with E-state index in [-0.39, 0.29) is 6.04 Å². The van der Waals surface area contributed by atoms with Gasteiger partial charge in [0.05, 0.1) is 10.4 Å². The molecule has 0 bridgehead atoms. The Hall–Kier alpha value is -0.980. The molecule has 19 heavy (non-hydrogen) atoms. The van der Waals surface area contributed by atoms with Gasteiger partial charge >= 0.3 is 0 Å². The van der Waals surface area contributed by atoms with E-state index in [0.717, 1.165) is 0 Å². The van der Waals surface area contributed by atoms with Crippen LogP contribution in [-0.2, 0) is 10.0 Å². The summed E-state index contributed by atoms with van der Waals surface area (Å²) in [6, 6.07) is 8.56. The Morgan fingerprint density at radius 2 is 2.05 bits per heavy atom. The number of rotatable bonds is 4. The van der Waals surface area contributed by atoms with Crippen molar-refractivity contribution in [2.45, 2.75) is 17.9 Å². The molecule has 1 aromatic heterocycles. The standard InChI is InChI=1S/C13H15BrN2O2S/c1-10(9-14)16(2)19(17,18)13-7-3-6-12-11(13)5-4-8-15-12/h3-8,10H,9H2,1-2H3. The average molecular weight is 343 g/mol. The second kappa shape index (κ2) is 5.56. The topological polar surface area (TPSA) is 50.3 Å². The zero-order valence-corrected chi connectivity index (χ0v) is 13.1. The Balaban J connectivity index is 2.61. The SMILES string of the molecule is CC(CBr)N(C)S(=O)(=O)c1cccc2ncccc12. The second-order valence-electron chi connectivity index (χ2n) is 4.35. The number of alkyl halides is 1. The van der Waals surface area contributed by atoms with Crippen LogP contribution in [0.5, 0.6) is 0 Å². The number of hydrogen-bond acceptors (Lipinski definition) is 3. The number of aromatic nitrogens is 1. The monoisotopic (exact) mass is 342 g/mol. The van der Waals surface area contributed by atoms with Crippen molar-refractivity contribution in [1.82, 2.24) is 9.29 Å². The van der Waals surface area contributed by atoms with Crippen LogP contribution in [0, 0.1) is 0 Å². The molecule has 0 aliphatic heterocycles. The summed E-state index contributed by atoms with van der Waals surface area (Å²) in [6.45, 7) is 1.86. The van der Waals surface area contributed by atoms with E-state index in [1.54, 1.807) is 37.5 Å². The fraction of sp³-hybridized carbons (Fsp3) is 0.308. The van der Waals surface area contributed by atoms with Gasteiger partial charge in [0.1, 0.15) is 0 Å². The number of hydrogen-bond donors (Lipinski definition) is 0. The largest absolute Gasteiger partial charge is 0.256 e. The molecule has 0 amide bonds. The van der Waals surface area contributed by atoms with Crippen molar-refractivity contribution in [3.05, 3.63) is 36.5 Å². The van der Waals surface area contributed by atoms with Gasteiger partial charge in [0.2, 0.25) is 10.0 Å². The van der Waals surface area contributed by atoms with E-state index >= 15 is 0 Å². The first-order valence-corrected chi connectivity index (χ1v) is 8.42. The van der Waals surface area contributed by atoms with Gasteiger partial charge in [-0.2, -0.15) is 4.31 Å². The minimum atomic E-state index is -3.51. The van der Waals surface area contributed by atoms with Crippen LogP contribution in [0.25, 0.3) is 10.9 Å². The van der Waals surface area contributed by atoms with Crippen molar-refractivity contribution in [3.8, 4) is 0 Å². The van der Waals surface area contributed by atoms with Crippen LogP contribution in [0.1, 0.15) is 6.92 Å². The fourth-order valence-electron chi connectivity index (χ4n) is 1.79. The Kier molecular flexibility index (Phi) is 4.23. The lowest BCUT2D eigenvalue weighted by Crippen LogP contribution is -2.36. The number of halogens is 1. The smallest absolute Gasteiger partial charge is 0.243 e.